The van der Waals surface area contributed by atoms with Crippen molar-refractivity contribution in [3.63, 3.8) is 0 Å². The van der Waals surface area contributed by atoms with Crippen LogP contribution in [0.15, 0.2) is 35.7 Å². The molecule has 0 bridgehead atoms. The SMILES string of the molecule is CC(C)[C@@H](NC(=O)Cc1ccccc1)C(=O)Nc1nc(CN2CCCCC2)cs1. The van der Waals surface area contributed by atoms with E-state index in [9.17, 15) is 9.59 Å². The highest BCUT2D eigenvalue weighted by molar-refractivity contribution is 7.13. The Balaban J connectivity index is 1.54. The minimum absolute atomic E-state index is 0.0255. The van der Waals surface area contributed by atoms with E-state index in [1.165, 1.54) is 30.6 Å². The third kappa shape index (κ3) is 6.65. The molecule has 2 heterocycles. The molecular formula is C22H30N4O2S. The van der Waals surface area contributed by atoms with E-state index < -0.39 is 6.04 Å². The summed E-state index contributed by atoms with van der Waals surface area (Å²) in [6, 6.07) is 8.94. The molecule has 6 nitrogen and oxygen atoms in total. The summed E-state index contributed by atoms with van der Waals surface area (Å²) >= 11 is 1.43. The molecule has 2 aromatic rings. The summed E-state index contributed by atoms with van der Waals surface area (Å²) in [6.07, 6.45) is 4.05. The van der Waals surface area contributed by atoms with E-state index in [4.69, 9.17) is 0 Å². The second-order valence-corrected chi connectivity index (χ2v) is 8.78. The van der Waals surface area contributed by atoms with E-state index in [1.54, 1.807) is 0 Å². The lowest BCUT2D eigenvalue weighted by molar-refractivity contribution is -0.127. The van der Waals surface area contributed by atoms with Gasteiger partial charge in [0.2, 0.25) is 11.8 Å². The fourth-order valence-corrected chi connectivity index (χ4v) is 4.21. The second-order valence-electron chi connectivity index (χ2n) is 7.92. The number of carbonyl (C=O) groups is 2. The molecule has 0 saturated carbocycles. The van der Waals surface area contributed by atoms with Crippen molar-refractivity contribution in [2.45, 2.75) is 52.1 Å². The summed E-state index contributed by atoms with van der Waals surface area (Å²) in [5.41, 5.74) is 1.91. The first-order chi connectivity index (χ1) is 14.0. The lowest BCUT2D eigenvalue weighted by Crippen LogP contribution is -2.47. The number of aromatic nitrogens is 1. The number of carbonyl (C=O) groups excluding carboxylic acids is 2. The molecule has 0 aliphatic carbocycles. The number of thiazole rings is 1. The summed E-state index contributed by atoms with van der Waals surface area (Å²) in [5, 5.41) is 8.35. The third-order valence-corrected chi connectivity index (χ3v) is 5.90. The maximum Gasteiger partial charge on any atom is 0.248 e. The number of amides is 2. The molecule has 1 fully saturated rings. The summed E-state index contributed by atoms with van der Waals surface area (Å²) in [4.78, 5) is 32.1. The molecule has 1 aliphatic rings. The number of hydrogen-bond donors (Lipinski definition) is 2. The summed E-state index contributed by atoms with van der Waals surface area (Å²) < 4.78 is 0. The molecular weight excluding hydrogens is 384 g/mol. The average molecular weight is 415 g/mol. The van der Waals surface area contributed by atoms with Crippen LogP contribution in [0.2, 0.25) is 0 Å². The number of hydrogen-bond acceptors (Lipinski definition) is 5. The lowest BCUT2D eigenvalue weighted by Gasteiger charge is -2.25. The van der Waals surface area contributed by atoms with Crippen LogP contribution in [0.25, 0.3) is 0 Å². The van der Waals surface area contributed by atoms with Crippen LogP contribution >= 0.6 is 11.3 Å². The molecule has 2 N–H and O–H groups in total. The van der Waals surface area contributed by atoms with Gasteiger partial charge in [-0.05, 0) is 37.4 Å². The molecule has 1 aromatic heterocycles. The Labute approximate surface area is 176 Å². The summed E-state index contributed by atoms with van der Waals surface area (Å²) in [7, 11) is 0. The van der Waals surface area contributed by atoms with Gasteiger partial charge in [0.1, 0.15) is 6.04 Å². The van der Waals surface area contributed by atoms with Gasteiger partial charge in [-0.15, -0.1) is 11.3 Å². The Bertz CT molecular complexity index is 800. The molecule has 156 valence electrons. The minimum Gasteiger partial charge on any atom is -0.344 e. The molecule has 1 atom stereocenters. The number of nitrogens with zero attached hydrogens (tertiary/aromatic N) is 2. The van der Waals surface area contributed by atoms with Crippen molar-refractivity contribution in [1.82, 2.24) is 15.2 Å². The second kappa shape index (κ2) is 10.5. The van der Waals surface area contributed by atoms with E-state index >= 15 is 0 Å². The normalized spacial score (nSPS) is 15.8. The van der Waals surface area contributed by atoms with Gasteiger partial charge in [-0.3, -0.25) is 14.5 Å². The topological polar surface area (TPSA) is 74.3 Å². The van der Waals surface area contributed by atoms with Gasteiger partial charge < -0.3 is 10.6 Å². The van der Waals surface area contributed by atoms with Gasteiger partial charge in [-0.2, -0.15) is 0 Å². The number of rotatable bonds is 8. The predicted molar refractivity (Wildman–Crippen MR) is 117 cm³/mol. The smallest absolute Gasteiger partial charge is 0.248 e. The van der Waals surface area contributed by atoms with Crippen LogP contribution < -0.4 is 10.6 Å². The van der Waals surface area contributed by atoms with Crippen molar-refractivity contribution in [2.24, 2.45) is 5.92 Å². The highest BCUT2D eigenvalue weighted by Gasteiger charge is 2.25. The maximum atomic E-state index is 12.8. The fourth-order valence-electron chi connectivity index (χ4n) is 3.51. The molecule has 1 aliphatic heterocycles. The number of piperidine rings is 1. The Kier molecular flexibility index (Phi) is 7.77. The van der Waals surface area contributed by atoms with Crippen molar-refractivity contribution in [3.8, 4) is 0 Å². The largest absolute Gasteiger partial charge is 0.344 e. The Morgan fingerprint density at radius 1 is 1.14 bits per heavy atom. The van der Waals surface area contributed by atoms with Crippen LogP contribution in [0.3, 0.4) is 0 Å². The van der Waals surface area contributed by atoms with Crippen molar-refractivity contribution < 1.29 is 9.59 Å². The zero-order valence-corrected chi connectivity index (χ0v) is 18.0. The van der Waals surface area contributed by atoms with Crippen molar-refractivity contribution in [3.05, 3.63) is 47.0 Å². The van der Waals surface area contributed by atoms with E-state index in [2.05, 4.69) is 20.5 Å². The lowest BCUT2D eigenvalue weighted by atomic mass is 10.0. The Hall–Kier alpha value is -2.25. The highest BCUT2D eigenvalue weighted by Crippen LogP contribution is 2.19. The van der Waals surface area contributed by atoms with E-state index in [1.807, 2.05) is 49.6 Å². The molecule has 3 rings (SSSR count). The first-order valence-corrected chi connectivity index (χ1v) is 11.2. The predicted octanol–water partition coefficient (Wildman–Crippen LogP) is 3.45. The monoisotopic (exact) mass is 414 g/mol. The zero-order chi connectivity index (χ0) is 20.6. The molecule has 0 radical (unpaired) electrons. The number of benzene rings is 1. The van der Waals surface area contributed by atoms with E-state index in [0.29, 0.717) is 5.13 Å². The summed E-state index contributed by atoms with van der Waals surface area (Å²) in [5.74, 6) is -0.405. The molecule has 1 aromatic carbocycles. The van der Waals surface area contributed by atoms with Crippen LogP contribution in [0.1, 0.15) is 44.4 Å². The van der Waals surface area contributed by atoms with E-state index in [-0.39, 0.29) is 24.2 Å². The van der Waals surface area contributed by atoms with Gasteiger partial charge in [0.15, 0.2) is 5.13 Å². The zero-order valence-electron chi connectivity index (χ0n) is 17.2. The van der Waals surface area contributed by atoms with Crippen molar-refractivity contribution in [1.29, 1.82) is 0 Å². The first kappa shape index (κ1) is 21.5. The van der Waals surface area contributed by atoms with Gasteiger partial charge in [-0.1, -0.05) is 50.6 Å². The van der Waals surface area contributed by atoms with Crippen molar-refractivity contribution >= 4 is 28.3 Å². The molecule has 7 heteroatoms. The Morgan fingerprint density at radius 3 is 2.55 bits per heavy atom. The molecule has 0 spiro atoms. The number of nitrogens with one attached hydrogen (secondary N) is 2. The fraction of sp³-hybridized carbons (Fsp3) is 0.500. The molecule has 1 saturated heterocycles. The number of anilines is 1. The molecule has 29 heavy (non-hydrogen) atoms. The van der Waals surface area contributed by atoms with Crippen LogP contribution in [0, 0.1) is 5.92 Å². The van der Waals surface area contributed by atoms with Crippen LogP contribution in [-0.2, 0) is 22.6 Å². The first-order valence-electron chi connectivity index (χ1n) is 10.3. The average Bonchev–Trinajstić information content (AvgIpc) is 3.14. The van der Waals surface area contributed by atoms with Gasteiger partial charge in [-0.25, -0.2) is 4.98 Å². The maximum absolute atomic E-state index is 12.8. The number of likely N-dealkylation sites (tertiary alicyclic amines) is 1. The molecule has 0 unspecified atom stereocenters. The summed E-state index contributed by atoms with van der Waals surface area (Å²) in [6.45, 7) is 6.91. The van der Waals surface area contributed by atoms with Gasteiger partial charge in [0.05, 0.1) is 12.1 Å². The van der Waals surface area contributed by atoms with E-state index in [0.717, 1.165) is 30.9 Å². The van der Waals surface area contributed by atoms with Gasteiger partial charge in [0, 0.05) is 11.9 Å². The minimum atomic E-state index is -0.597. The van der Waals surface area contributed by atoms with Crippen LogP contribution in [0.4, 0.5) is 5.13 Å². The van der Waals surface area contributed by atoms with Crippen LogP contribution in [0.5, 0.6) is 0 Å². The highest BCUT2D eigenvalue weighted by atomic mass is 32.1. The standard InChI is InChI=1S/C22H30N4O2S/c1-16(2)20(24-19(27)13-17-9-5-3-6-10-17)21(28)25-22-23-18(15-29-22)14-26-11-7-4-8-12-26/h3,5-6,9-10,15-16,20H,4,7-8,11-14H2,1-2H3,(H,24,27)(H,23,25,28)/t20-/m1/s1. The van der Waals surface area contributed by atoms with Crippen molar-refractivity contribution in [2.75, 3.05) is 18.4 Å². The molecule has 2 amide bonds. The van der Waals surface area contributed by atoms with Gasteiger partial charge >= 0.3 is 0 Å². The van der Waals surface area contributed by atoms with Gasteiger partial charge in [0.25, 0.3) is 0 Å². The Morgan fingerprint density at radius 2 is 1.86 bits per heavy atom. The third-order valence-electron chi connectivity index (χ3n) is 5.09. The van der Waals surface area contributed by atoms with Crippen LogP contribution in [-0.4, -0.2) is 40.8 Å². The quantitative estimate of drug-likeness (QED) is 0.694.